The first kappa shape index (κ1) is 17.5. The van der Waals surface area contributed by atoms with Crippen LogP contribution in [0.25, 0.3) is 0 Å². The number of amides is 1. The number of hydrogen-bond donors (Lipinski definition) is 3. The number of nitrogens with one attached hydrogen (secondary N) is 1. The van der Waals surface area contributed by atoms with Crippen LogP contribution in [0.15, 0.2) is 24.3 Å². The Morgan fingerprint density at radius 1 is 1.33 bits per heavy atom. The third-order valence-electron chi connectivity index (χ3n) is 2.77. The van der Waals surface area contributed by atoms with E-state index in [2.05, 4.69) is 5.32 Å². The highest BCUT2D eigenvalue weighted by Crippen LogP contribution is 2.05. The SMILES string of the molecule is NC(CCSCC(=O)NCCc1ccc(F)cc1)C(=O)O. The summed E-state index contributed by atoms with van der Waals surface area (Å²) in [5.74, 6) is -0.613. The zero-order valence-electron chi connectivity index (χ0n) is 11.5. The number of thioether (sulfide) groups is 1. The molecular formula is C14H19FN2O3S. The number of carbonyl (C=O) groups is 2. The summed E-state index contributed by atoms with van der Waals surface area (Å²) in [6.45, 7) is 0.486. The molecule has 1 rings (SSSR count). The normalized spacial score (nSPS) is 11.9. The van der Waals surface area contributed by atoms with Gasteiger partial charge in [-0.1, -0.05) is 12.1 Å². The number of carboxylic acids is 1. The van der Waals surface area contributed by atoms with E-state index in [0.29, 0.717) is 25.1 Å². The van der Waals surface area contributed by atoms with Crippen LogP contribution in [-0.2, 0) is 16.0 Å². The monoisotopic (exact) mass is 314 g/mol. The van der Waals surface area contributed by atoms with Crippen LogP contribution >= 0.6 is 11.8 Å². The Morgan fingerprint density at radius 3 is 2.62 bits per heavy atom. The molecule has 0 heterocycles. The third kappa shape index (κ3) is 7.67. The molecular weight excluding hydrogens is 295 g/mol. The topological polar surface area (TPSA) is 92.4 Å². The predicted molar refractivity (Wildman–Crippen MR) is 80.7 cm³/mol. The summed E-state index contributed by atoms with van der Waals surface area (Å²) in [6, 6.07) is 5.27. The van der Waals surface area contributed by atoms with Gasteiger partial charge in [0.25, 0.3) is 0 Å². The number of rotatable bonds is 9. The van der Waals surface area contributed by atoms with Gasteiger partial charge in [0, 0.05) is 6.54 Å². The second kappa shape index (κ2) is 9.36. The molecule has 1 aromatic rings. The van der Waals surface area contributed by atoms with Crippen molar-refractivity contribution in [1.29, 1.82) is 0 Å². The Balaban J connectivity index is 2.09. The van der Waals surface area contributed by atoms with E-state index in [1.165, 1.54) is 23.9 Å². The first-order valence-corrected chi connectivity index (χ1v) is 7.72. The Morgan fingerprint density at radius 2 is 2.00 bits per heavy atom. The van der Waals surface area contributed by atoms with Crippen LogP contribution in [0.5, 0.6) is 0 Å². The van der Waals surface area contributed by atoms with Crippen molar-refractivity contribution < 1.29 is 19.1 Å². The fraction of sp³-hybridized carbons (Fsp3) is 0.429. The lowest BCUT2D eigenvalue weighted by Gasteiger charge is -2.07. The average molecular weight is 314 g/mol. The van der Waals surface area contributed by atoms with Gasteiger partial charge in [0.05, 0.1) is 5.75 Å². The molecule has 0 aliphatic carbocycles. The van der Waals surface area contributed by atoms with Crippen molar-refractivity contribution in [3.8, 4) is 0 Å². The maximum absolute atomic E-state index is 12.7. The Bertz CT molecular complexity index is 468. The number of carboxylic acid groups (broad SMARTS) is 1. The highest BCUT2D eigenvalue weighted by molar-refractivity contribution is 7.99. The molecule has 0 radical (unpaired) electrons. The van der Waals surface area contributed by atoms with Crippen molar-refractivity contribution >= 4 is 23.6 Å². The highest BCUT2D eigenvalue weighted by Gasteiger charge is 2.11. The second-order valence-electron chi connectivity index (χ2n) is 4.51. The Kier molecular flexibility index (Phi) is 7.78. The molecule has 1 unspecified atom stereocenters. The number of nitrogens with two attached hydrogens (primary N) is 1. The van der Waals surface area contributed by atoms with Gasteiger partial charge in [0.2, 0.25) is 5.91 Å². The van der Waals surface area contributed by atoms with E-state index in [1.54, 1.807) is 12.1 Å². The van der Waals surface area contributed by atoms with Crippen molar-refractivity contribution in [2.75, 3.05) is 18.1 Å². The van der Waals surface area contributed by atoms with Crippen LogP contribution < -0.4 is 11.1 Å². The number of hydrogen-bond acceptors (Lipinski definition) is 4. The molecule has 0 aromatic heterocycles. The molecule has 116 valence electrons. The fourth-order valence-corrected chi connectivity index (χ4v) is 2.40. The molecule has 0 aliphatic heterocycles. The summed E-state index contributed by atoms with van der Waals surface area (Å²) in [5.41, 5.74) is 6.30. The van der Waals surface area contributed by atoms with E-state index in [4.69, 9.17) is 10.8 Å². The van der Waals surface area contributed by atoms with E-state index in [1.807, 2.05) is 0 Å². The molecule has 0 saturated heterocycles. The summed E-state index contributed by atoms with van der Waals surface area (Å²) in [4.78, 5) is 22.0. The molecule has 0 saturated carbocycles. The number of benzene rings is 1. The standard InChI is InChI=1S/C14H19FN2O3S/c15-11-3-1-10(2-4-11)5-7-17-13(18)9-21-8-6-12(16)14(19)20/h1-4,12H,5-9,16H2,(H,17,18)(H,19,20). The van der Waals surface area contributed by atoms with Crippen molar-refractivity contribution in [2.45, 2.75) is 18.9 Å². The fourth-order valence-electron chi connectivity index (χ4n) is 1.55. The number of aliphatic carboxylic acids is 1. The predicted octanol–water partition coefficient (Wildman–Crippen LogP) is 1.02. The minimum Gasteiger partial charge on any atom is -0.480 e. The molecule has 4 N–H and O–H groups in total. The first-order chi connectivity index (χ1) is 9.99. The van der Waals surface area contributed by atoms with E-state index in [-0.39, 0.29) is 17.5 Å². The quantitative estimate of drug-likeness (QED) is 0.592. The molecule has 0 aliphatic rings. The van der Waals surface area contributed by atoms with Crippen molar-refractivity contribution in [1.82, 2.24) is 5.32 Å². The van der Waals surface area contributed by atoms with Gasteiger partial charge >= 0.3 is 5.97 Å². The third-order valence-corrected chi connectivity index (χ3v) is 3.76. The minimum atomic E-state index is -1.03. The van der Waals surface area contributed by atoms with E-state index >= 15 is 0 Å². The smallest absolute Gasteiger partial charge is 0.320 e. The van der Waals surface area contributed by atoms with E-state index in [9.17, 15) is 14.0 Å². The molecule has 0 bridgehead atoms. The summed E-state index contributed by atoms with van der Waals surface area (Å²) < 4.78 is 12.7. The van der Waals surface area contributed by atoms with Crippen molar-refractivity contribution in [3.05, 3.63) is 35.6 Å². The Hall–Kier alpha value is -1.60. The van der Waals surface area contributed by atoms with Crippen LogP contribution in [0.1, 0.15) is 12.0 Å². The average Bonchev–Trinajstić information content (AvgIpc) is 2.45. The molecule has 0 fully saturated rings. The second-order valence-corrected chi connectivity index (χ2v) is 5.62. The van der Waals surface area contributed by atoms with Gasteiger partial charge in [-0.15, -0.1) is 0 Å². The molecule has 21 heavy (non-hydrogen) atoms. The van der Waals surface area contributed by atoms with Gasteiger partial charge in [-0.25, -0.2) is 4.39 Å². The van der Waals surface area contributed by atoms with Crippen LogP contribution in [0.2, 0.25) is 0 Å². The van der Waals surface area contributed by atoms with Crippen LogP contribution in [0, 0.1) is 5.82 Å². The summed E-state index contributed by atoms with van der Waals surface area (Å²) in [6.07, 6.45) is 0.976. The lowest BCUT2D eigenvalue weighted by Crippen LogP contribution is -2.31. The van der Waals surface area contributed by atoms with Crippen molar-refractivity contribution in [2.24, 2.45) is 5.73 Å². The van der Waals surface area contributed by atoms with Gasteiger partial charge in [-0.05, 0) is 36.3 Å². The van der Waals surface area contributed by atoms with Gasteiger partial charge in [-0.2, -0.15) is 11.8 Å². The summed E-state index contributed by atoms with van der Waals surface area (Å²) in [5, 5.41) is 11.4. The Labute approximate surface area is 127 Å². The number of halogens is 1. The summed E-state index contributed by atoms with van der Waals surface area (Å²) in [7, 11) is 0. The zero-order chi connectivity index (χ0) is 15.7. The van der Waals surface area contributed by atoms with E-state index in [0.717, 1.165) is 5.56 Å². The van der Waals surface area contributed by atoms with Crippen LogP contribution in [-0.4, -0.2) is 41.1 Å². The van der Waals surface area contributed by atoms with Gasteiger partial charge in [-0.3, -0.25) is 9.59 Å². The number of carbonyl (C=O) groups excluding carboxylic acids is 1. The van der Waals surface area contributed by atoms with Gasteiger partial charge in [0.1, 0.15) is 11.9 Å². The minimum absolute atomic E-state index is 0.106. The van der Waals surface area contributed by atoms with Crippen LogP contribution in [0.3, 0.4) is 0 Å². The molecule has 0 spiro atoms. The molecule has 5 nitrogen and oxygen atoms in total. The van der Waals surface area contributed by atoms with E-state index < -0.39 is 12.0 Å². The molecule has 1 amide bonds. The zero-order valence-corrected chi connectivity index (χ0v) is 12.4. The first-order valence-electron chi connectivity index (χ1n) is 6.56. The maximum atomic E-state index is 12.7. The lowest BCUT2D eigenvalue weighted by atomic mass is 10.1. The summed E-state index contributed by atoms with van der Waals surface area (Å²) >= 11 is 1.35. The highest BCUT2D eigenvalue weighted by atomic mass is 32.2. The molecule has 7 heteroatoms. The largest absolute Gasteiger partial charge is 0.480 e. The molecule has 1 aromatic carbocycles. The molecule has 1 atom stereocenters. The van der Waals surface area contributed by atoms with Crippen LogP contribution in [0.4, 0.5) is 4.39 Å². The lowest BCUT2D eigenvalue weighted by molar-refractivity contribution is -0.138. The van der Waals surface area contributed by atoms with Gasteiger partial charge in [0.15, 0.2) is 0 Å². The van der Waals surface area contributed by atoms with Crippen molar-refractivity contribution in [3.63, 3.8) is 0 Å². The maximum Gasteiger partial charge on any atom is 0.320 e. The van der Waals surface area contributed by atoms with Gasteiger partial charge < -0.3 is 16.2 Å².